The van der Waals surface area contributed by atoms with Crippen LogP contribution in [0.15, 0.2) is 36.5 Å². The first-order valence-electron chi connectivity index (χ1n) is 11.7. The Morgan fingerprint density at radius 1 is 1.29 bits per heavy atom. The van der Waals surface area contributed by atoms with E-state index in [1.807, 2.05) is 23.9 Å². The summed E-state index contributed by atoms with van der Waals surface area (Å²) in [7, 11) is 2.21. The van der Waals surface area contributed by atoms with Crippen LogP contribution >= 0.6 is 0 Å². The van der Waals surface area contributed by atoms with Crippen molar-refractivity contribution in [2.45, 2.75) is 51.5 Å². The van der Waals surface area contributed by atoms with E-state index in [1.54, 1.807) is 0 Å². The minimum absolute atomic E-state index is 0.155. The average Bonchev–Trinajstić information content (AvgIpc) is 3.19. The van der Waals surface area contributed by atoms with E-state index in [-0.39, 0.29) is 11.3 Å². The number of piperidine rings is 1. The molecule has 3 heterocycles. The number of aromatic nitrogens is 2. The molecule has 1 N–H and O–H groups in total. The second-order valence-electron chi connectivity index (χ2n) is 9.39. The molecule has 1 aromatic heterocycles. The second-order valence-corrected chi connectivity index (χ2v) is 9.39. The number of ether oxygens (including phenoxy) is 1. The summed E-state index contributed by atoms with van der Waals surface area (Å²) < 4.78 is 7.51. The third kappa shape index (κ3) is 5.55. The van der Waals surface area contributed by atoms with Crippen molar-refractivity contribution in [3.05, 3.63) is 53.3 Å². The zero-order chi connectivity index (χ0) is 21.7. The van der Waals surface area contributed by atoms with E-state index in [1.165, 1.54) is 30.5 Å². The van der Waals surface area contributed by atoms with Crippen molar-refractivity contribution in [1.82, 2.24) is 20.0 Å². The van der Waals surface area contributed by atoms with Gasteiger partial charge in [-0.3, -0.25) is 9.48 Å². The normalized spacial score (nSPS) is 21.7. The third-order valence-electron chi connectivity index (χ3n) is 6.92. The molecule has 0 unspecified atom stereocenters. The maximum Gasteiger partial charge on any atom is 0.226 e. The van der Waals surface area contributed by atoms with Gasteiger partial charge in [0.25, 0.3) is 0 Å². The third-order valence-corrected chi connectivity index (χ3v) is 6.92. The fourth-order valence-corrected chi connectivity index (χ4v) is 5.09. The van der Waals surface area contributed by atoms with Crippen LogP contribution in [-0.4, -0.2) is 60.5 Å². The van der Waals surface area contributed by atoms with Gasteiger partial charge in [0.1, 0.15) is 0 Å². The van der Waals surface area contributed by atoms with Gasteiger partial charge in [-0.25, -0.2) is 0 Å². The smallest absolute Gasteiger partial charge is 0.226 e. The van der Waals surface area contributed by atoms with Crippen molar-refractivity contribution in [1.29, 1.82) is 0 Å². The predicted molar refractivity (Wildman–Crippen MR) is 122 cm³/mol. The Bertz CT molecular complexity index is 872. The summed E-state index contributed by atoms with van der Waals surface area (Å²) in [6, 6.07) is 11.0. The van der Waals surface area contributed by atoms with Crippen molar-refractivity contribution >= 4 is 5.91 Å². The maximum atomic E-state index is 13.3. The highest BCUT2D eigenvalue weighted by atomic mass is 16.5. The van der Waals surface area contributed by atoms with Crippen molar-refractivity contribution in [2.24, 2.45) is 5.41 Å². The average molecular weight is 425 g/mol. The first-order valence-corrected chi connectivity index (χ1v) is 11.7. The van der Waals surface area contributed by atoms with Gasteiger partial charge in [-0.05, 0) is 75.7 Å². The minimum atomic E-state index is -0.389. The van der Waals surface area contributed by atoms with Crippen LogP contribution in [0, 0.1) is 12.3 Å². The number of amides is 1. The molecule has 0 bridgehead atoms. The van der Waals surface area contributed by atoms with Crippen LogP contribution in [0.4, 0.5) is 0 Å². The minimum Gasteiger partial charge on any atom is -0.381 e. The fraction of sp³-hybridized carbons (Fsp3) is 0.600. The molecule has 168 valence electrons. The summed E-state index contributed by atoms with van der Waals surface area (Å²) in [6.45, 7) is 6.88. The molecule has 1 aromatic carbocycles. The van der Waals surface area contributed by atoms with Gasteiger partial charge in [0.2, 0.25) is 5.91 Å². The van der Waals surface area contributed by atoms with E-state index in [0.717, 1.165) is 31.5 Å². The Morgan fingerprint density at radius 2 is 2.13 bits per heavy atom. The molecule has 2 saturated heterocycles. The number of carbonyl (C=O) groups excluding carboxylic acids is 1. The molecule has 2 fully saturated rings. The molecule has 2 aliphatic heterocycles. The SMILES string of the molecule is Cc1ccn(CCNC(=O)C2(Cc3cccc([C@@H]4CCCN(C)C4)c3)CCOCC2)n1. The van der Waals surface area contributed by atoms with Gasteiger partial charge in [-0.1, -0.05) is 24.3 Å². The van der Waals surface area contributed by atoms with Gasteiger partial charge < -0.3 is 15.0 Å². The highest BCUT2D eigenvalue weighted by Crippen LogP contribution is 2.36. The lowest BCUT2D eigenvalue weighted by molar-refractivity contribution is -0.136. The van der Waals surface area contributed by atoms with Gasteiger partial charge in [-0.2, -0.15) is 5.10 Å². The molecule has 0 aliphatic carbocycles. The summed E-state index contributed by atoms with van der Waals surface area (Å²) in [5.74, 6) is 0.748. The molecule has 4 rings (SSSR count). The van der Waals surface area contributed by atoms with Crippen molar-refractivity contribution < 1.29 is 9.53 Å². The summed E-state index contributed by atoms with van der Waals surface area (Å²) in [5, 5.41) is 7.60. The van der Waals surface area contributed by atoms with E-state index < -0.39 is 0 Å². The van der Waals surface area contributed by atoms with Crippen LogP contribution in [0.5, 0.6) is 0 Å². The van der Waals surface area contributed by atoms with Gasteiger partial charge in [0.15, 0.2) is 0 Å². The van der Waals surface area contributed by atoms with E-state index in [9.17, 15) is 4.79 Å². The molecule has 2 aliphatic rings. The molecule has 0 spiro atoms. The van der Waals surface area contributed by atoms with Gasteiger partial charge in [-0.15, -0.1) is 0 Å². The number of nitrogens with zero attached hydrogens (tertiary/aromatic N) is 3. The van der Waals surface area contributed by atoms with Gasteiger partial charge in [0, 0.05) is 32.5 Å². The Morgan fingerprint density at radius 3 is 2.87 bits per heavy atom. The molecule has 6 nitrogen and oxygen atoms in total. The number of likely N-dealkylation sites (N-methyl/N-ethyl adjacent to an activating group) is 1. The lowest BCUT2D eigenvalue weighted by atomic mass is 9.74. The van der Waals surface area contributed by atoms with E-state index in [2.05, 4.69) is 46.6 Å². The van der Waals surface area contributed by atoms with Crippen LogP contribution in [0.1, 0.15) is 48.4 Å². The molecule has 2 aromatic rings. The molecular formula is C25H36N4O2. The summed E-state index contributed by atoms with van der Waals surface area (Å²) in [4.78, 5) is 15.8. The molecule has 1 amide bonds. The number of hydrogen-bond donors (Lipinski definition) is 1. The number of rotatable bonds is 7. The number of carbonyl (C=O) groups is 1. The molecule has 0 radical (unpaired) electrons. The Kier molecular flexibility index (Phi) is 7.08. The van der Waals surface area contributed by atoms with E-state index in [4.69, 9.17) is 4.74 Å². The molecule has 6 heteroatoms. The molecule has 31 heavy (non-hydrogen) atoms. The standard InChI is InChI=1S/C25H36N4O2/c1-20-8-13-29(27-20)14-11-26-24(30)25(9-15-31-16-10-25)18-21-5-3-6-22(17-21)23-7-4-12-28(2)19-23/h3,5-6,8,13,17,23H,4,7,9-12,14-16,18-19H2,1-2H3,(H,26,30)/t23-/m1/s1. The quantitative estimate of drug-likeness (QED) is 0.742. The highest BCUT2D eigenvalue weighted by Gasteiger charge is 2.40. The van der Waals surface area contributed by atoms with Crippen LogP contribution in [-0.2, 0) is 22.5 Å². The fourth-order valence-electron chi connectivity index (χ4n) is 5.09. The first-order chi connectivity index (χ1) is 15.0. The molecular weight excluding hydrogens is 388 g/mol. The van der Waals surface area contributed by atoms with Crippen molar-refractivity contribution in [3.8, 4) is 0 Å². The number of likely N-dealkylation sites (tertiary alicyclic amines) is 1. The summed E-state index contributed by atoms with van der Waals surface area (Å²) in [5.41, 5.74) is 3.29. The molecule has 0 saturated carbocycles. The Balaban J connectivity index is 1.43. The number of hydrogen-bond acceptors (Lipinski definition) is 4. The largest absolute Gasteiger partial charge is 0.381 e. The zero-order valence-corrected chi connectivity index (χ0v) is 19.0. The number of benzene rings is 1. The number of nitrogens with one attached hydrogen (secondary N) is 1. The zero-order valence-electron chi connectivity index (χ0n) is 19.0. The molecule has 1 atom stereocenters. The highest BCUT2D eigenvalue weighted by molar-refractivity contribution is 5.83. The lowest BCUT2D eigenvalue weighted by Gasteiger charge is -2.36. The first kappa shape index (κ1) is 22.0. The maximum absolute atomic E-state index is 13.3. The lowest BCUT2D eigenvalue weighted by Crippen LogP contribution is -2.46. The van der Waals surface area contributed by atoms with Gasteiger partial charge in [0.05, 0.1) is 17.7 Å². The summed E-state index contributed by atoms with van der Waals surface area (Å²) >= 11 is 0. The van der Waals surface area contributed by atoms with Crippen LogP contribution in [0.25, 0.3) is 0 Å². The topological polar surface area (TPSA) is 59.4 Å². The second kappa shape index (κ2) is 9.96. The summed E-state index contributed by atoms with van der Waals surface area (Å²) in [6.07, 6.45) is 6.79. The predicted octanol–water partition coefficient (Wildman–Crippen LogP) is 3.16. The van der Waals surface area contributed by atoms with Gasteiger partial charge >= 0.3 is 0 Å². The van der Waals surface area contributed by atoms with Crippen molar-refractivity contribution in [3.63, 3.8) is 0 Å². The van der Waals surface area contributed by atoms with Crippen LogP contribution in [0.3, 0.4) is 0 Å². The van der Waals surface area contributed by atoms with Crippen LogP contribution in [0.2, 0.25) is 0 Å². The van der Waals surface area contributed by atoms with Crippen LogP contribution < -0.4 is 5.32 Å². The monoisotopic (exact) mass is 424 g/mol. The number of aryl methyl sites for hydroxylation is 1. The Hall–Kier alpha value is -2.18. The Labute approximate surface area is 186 Å². The van der Waals surface area contributed by atoms with Crippen molar-refractivity contribution in [2.75, 3.05) is 39.9 Å². The van der Waals surface area contributed by atoms with E-state index in [0.29, 0.717) is 32.2 Å². The van der Waals surface area contributed by atoms with E-state index >= 15 is 0 Å².